The highest BCUT2D eigenvalue weighted by Gasteiger charge is 2.26. The fraction of sp³-hybridized carbons (Fsp3) is 0.368. The number of likely N-dealkylation sites (tertiary alicyclic amines) is 1. The lowest BCUT2D eigenvalue weighted by atomic mass is 10.2. The number of hydrogen-bond donors (Lipinski definition) is 0. The van der Waals surface area contributed by atoms with Crippen LogP contribution in [0.25, 0.3) is 11.5 Å². The van der Waals surface area contributed by atoms with Crippen LogP contribution in [0.2, 0.25) is 0 Å². The maximum absolute atomic E-state index is 13.0. The lowest BCUT2D eigenvalue weighted by molar-refractivity contribution is 0.216. The monoisotopic (exact) mass is 340 g/mol. The lowest BCUT2D eigenvalue weighted by Crippen LogP contribution is -2.32. The first-order valence-electron chi connectivity index (χ1n) is 8.61. The predicted molar refractivity (Wildman–Crippen MR) is 92.3 cm³/mol. The highest BCUT2D eigenvalue weighted by atomic mass is 19.1. The van der Waals surface area contributed by atoms with Gasteiger partial charge in [0.1, 0.15) is 12.1 Å². The van der Waals surface area contributed by atoms with Gasteiger partial charge >= 0.3 is 0 Å². The van der Waals surface area contributed by atoms with Crippen molar-refractivity contribution in [1.82, 2.24) is 19.7 Å². The largest absolute Gasteiger partial charge is 0.444 e. The van der Waals surface area contributed by atoms with E-state index in [2.05, 4.69) is 28.1 Å². The number of oxazole rings is 1. The molecule has 1 aliphatic heterocycles. The van der Waals surface area contributed by atoms with Crippen LogP contribution < -0.4 is 0 Å². The Hall–Kier alpha value is -2.47. The maximum atomic E-state index is 13.0. The number of aryl methyl sites for hydroxylation is 1. The van der Waals surface area contributed by atoms with Crippen LogP contribution in [0.15, 0.2) is 47.3 Å². The van der Waals surface area contributed by atoms with Gasteiger partial charge in [0.25, 0.3) is 0 Å². The Bertz CT molecular complexity index is 839. The van der Waals surface area contributed by atoms with Gasteiger partial charge in [-0.25, -0.2) is 9.37 Å². The summed E-state index contributed by atoms with van der Waals surface area (Å²) >= 11 is 0. The number of aromatic nitrogens is 3. The molecule has 1 saturated heterocycles. The molecule has 0 aliphatic carbocycles. The molecule has 1 atom stereocenters. The molecule has 6 heteroatoms. The second-order valence-electron chi connectivity index (χ2n) is 6.66. The number of benzene rings is 1. The molecule has 0 amide bonds. The van der Waals surface area contributed by atoms with E-state index in [0.29, 0.717) is 11.9 Å². The normalized spacial score (nSPS) is 18.1. The Morgan fingerprint density at radius 1 is 1.28 bits per heavy atom. The average Bonchev–Trinajstić information content (AvgIpc) is 3.32. The van der Waals surface area contributed by atoms with E-state index in [1.54, 1.807) is 18.4 Å². The van der Waals surface area contributed by atoms with Gasteiger partial charge in [-0.05, 0) is 56.1 Å². The zero-order chi connectivity index (χ0) is 17.2. The minimum atomic E-state index is -0.260. The van der Waals surface area contributed by atoms with Crippen LogP contribution in [-0.2, 0) is 13.1 Å². The van der Waals surface area contributed by atoms with Gasteiger partial charge in [-0.15, -0.1) is 0 Å². The highest BCUT2D eigenvalue weighted by Crippen LogP contribution is 2.24. The number of halogens is 1. The first kappa shape index (κ1) is 16.0. The van der Waals surface area contributed by atoms with Crippen molar-refractivity contribution in [3.8, 4) is 11.5 Å². The van der Waals surface area contributed by atoms with E-state index >= 15 is 0 Å². The zero-order valence-electron chi connectivity index (χ0n) is 14.2. The molecule has 0 saturated carbocycles. The Balaban J connectivity index is 1.43. The molecule has 25 heavy (non-hydrogen) atoms. The van der Waals surface area contributed by atoms with Crippen molar-refractivity contribution in [3.63, 3.8) is 0 Å². The topological polar surface area (TPSA) is 47.1 Å². The summed E-state index contributed by atoms with van der Waals surface area (Å²) < 4.78 is 20.6. The summed E-state index contributed by atoms with van der Waals surface area (Å²) in [7, 11) is 0. The molecule has 0 bridgehead atoms. The first-order valence-corrected chi connectivity index (χ1v) is 8.61. The molecule has 3 heterocycles. The highest BCUT2D eigenvalue weighted by molar-refractivity contribution is 5.52. The van der Waals surface area contributed by atoms with Crippen molar-refractivity contribution in [2.45, 2.75) is 38.9 Å². The van der Waals surface area contributed by atoms with Gasteiger partial charge in [0, 0.05) is 24.3 Å². The van der Waals surface area contributed by atoms with Crippen molar-refractivity contribution in [1.29, 1.82) is 0 Å². The smallest absolute Gasteiger partial charge is 0.226 e. The Kier molecular flexibility index (Phi) is 4.36. The molecule has 1 aliphatic rings. The van der Waals surface area contributed by atoms with Crippen molar-refractivity contribution in [2.75, 3.05) is 6.54 Å². The van der Waals surface area contributed by atoms with Gasteiger partial charge < -0.3 is 4.42 Å². The molecular formula is C19H21FN4O. The van der Waals surface area contributed by atoms with E-state index in [-0.39, 0.29) is 5.82 Å². The summed E-state index contributed by atoms with van der Waals surface area (Å²) in [6, 6.07) is 6.67. The first-order chi connectivity index (χ1) is 12.2. The SMILES string of the molecule is Cc1cnn(C[C@@H]2CCCN2Cc2coc(-c3ccc(F)cc3)n2)c1. The number of hydrogen-bond acceptors (Lipinski definition) is 4. The molecule has 0 spiro atoms. The molecular weight excluding hydrogens is 319 g/mol. The van der Waals surface area contributed by atoms with Crippen LogP contribution in [0.1, 0.15) is 24.1 Å². The minimum absolute atomic E-state index is 0.260. The zero-order valence-corrected chi connectivity index (χ0v) is 14.2. The Morgan fingerprint density at radius 2 is 2.12 bits per heavy atom. The molecule has 130 valence electrons. The third-order valence-corrected chi connectivity index (χ3v) is 4.67. The molecule has 2 aromatic heterocycles. The van der Waals surface area contributed by atoms with Crippen LogP contribution in [0.4, 0.5) is 4.39 Å². The summed E-state index contributed by atoms with van der Waals surface area (Å²) in [5.74, 6) is 0.276. The van der Waals surface area contributed by atoms with Gasteiger partial charge in [0.05, 0.1) is 18.4 Å². The van der Waals surface area contributed by atoms with Crippen molar-refractivity contribution in [2.24, 2.45) is 0 Å². The van der Waals surface area contributed by atoms with Gasteiger partial charge in [0.2, 0.25) is 5.89 Å². The predicted octanol–water partition coefficient (Wildman–Crippen LogP) is 3.65. The third kappa shape index (κ3) is 3.64. The lowest BCUT2D eigenvalue weighted by Gasteiger charge is -2.23. The van der Waals surface area contributed by atoms with Crippen LogP contribution in [-0.4, -0.2) is 32.3 Å². The molecule has 0 unspecified atom stereocenters. The molecule has 0 N–H and O–H groups in total. The van der Waals surface area contributed by atoms with Gasteiger partial charge in [0.15, 0.2) is 0 Å². The summed E-state index contributed by atoms with van der Waals surface area (Å²) in [5.41, 5.74) is 2.88. The fourth-order valence-electron chi connectivity index (χ4n) is 3.41. The summed E-state index contributed by atoms with van der Waals surface area (Å²) in [6.45, 7) is 4.78. The van der Waals surface area contributed by atoms with Gasteiger partial charge in [-0.1, -0.05) is 0 Å². The maximum Gasteiger partial charge on any atom is 0.226 e. The molecule has 1 aromatic carbocycles. The number of nitrogens with zero attached hydrogens (tertiary/aromatic N) is 4. The van der Waals surface area contributed by atoms with Crippen molar-refractivity contribution >= 4 is 0 Å². The van der Waals surface area contributed by atoms with Gasteiger partial charge in [-0.2, -0.15) is 5.10 Å². The molecule has 5 nitrogen and oxygen atoms in total. The molecule has 3 aromatic rings. The standard InChI is InChI=1S/C19H21FN4O/c1-14-9-21-24(10-14)12-18-3-2-8-23(18)11-17-13-25-19(22-17)15-4-6-16(20)7-5-15/h4-7,9-10,13,18H,2-3,8,11-12H2,1H3/t18-/m0/s1. The van der Waals surface area contributed by atoms with E-state index in [9.17, 15) is 4.39 Å². The minimum Gasteiger partial charge on any atom is -0.444 e. The summed E-state index contributed by atoms with van der Waals surface area (Å²) in [5, 5.41) is 4.40. The van der Waals surface area contributed by atoms with Crippen molar-refractivity contribution < 1.29 is 8.81 Å². The van der Waals surface area contributed by atoms with E-state index in [1.807, 2.05) is 10.9 Å². The third-order valence-electron chi connectivity index (χ3n) is 4.67. The van der Waals surface area contributed by atoms with E-state index in [1.165, 1.54) is 30.5 Å². The average molecular weight is 340 g/mol. The Labute approximate surface area is 146 Å². The summed E-state index contributed by atoms with van der Waals surface area (Å²) in [4.78, 5) is 7.00. The van der Waals surface area contributed by atoms with Crippen LogP contribution in [0.3, 0.4) is 0 Å². The quantitative estimate of drug-likeness (QED) is 0.711. The van der Waals surface area contributed by atoms with Crippen LogP contribution in [0.5, 0.6) is 0 Å². The number of rotatable bonds is 5. The van der Waals surface area contributed by atoms with E-state index in [0.717, 1.165) is 30.9 Å². The molecule has 1 fully saturated rings. The fourth-order valence-corrected chi connectivity index (χ4v) is 3.41. The molecule has 4 rings (SSSR count). The van der Waals surface area contributed by atoms with Crippen LogP contribution in [0, 0.1) is 12.7 Å². The van der Waals surface area contributed by atoms with Crippen molar-refractivity contribution in [3.05, 3.63) is 60.0 Å². The van der Waals surface area contributed by atoms with Crippen LogP contribution >= 0.6 is 0 Å². The van der Waals surface area contributed by atoms with E-state index in [4.69, 9.17) is 4.42 Å². The Morgan fingerprint density at radius 3 is 2.88 bits per heavy atom. The molecule has 0 radical (unpaired) electrons. The van der Waals surface area contributed by atoms with E-state index < -0.39 is 0 Å². The van der Waals surface area contributed by atoms with Gasteiger partial charge in [-0.3, -0.25) is 9.58 Å². The summed E-state index contributed by atoms with van der Waals surface area (Å²) in [6.07, 6.45) is 8.03. The second kappa shape index (κ2) is 6.80. The second-order valence-corrected chi connectivity index (χ2v) is 6.66.